The molecule has 0 N–H and O–H groups in total. The van der Waals surface area contributed by atoms with Gasteiger partial charge in [0.05, 0.1) is 4.92 Å². The van der Waals surface area contributed by atoms with E-state index in [1.165, 1.54) is 43.7 Å². The van der Waals surface area contributed by atoms with Gasteiger partial charge in [-0.1, -0.05) is 52.9 Å². The lowest BCUT2D eigenvalue weighted by Gasteiger charge is -2.23. The molecule has 2 rings (SSSR count). The third kappa shape index (κ3) is 3.66. The van der Waals surface area contributed by atoms with Gasteiger partial charge in [0.25, 0.3) is 0 Å². The van der Waals surface area contributed by atoms with E-state index in [0.717, 1.165) is 11.4 Å². The van der Waals surface area contributed by atoms with E-state index in [4.69, 9.17) is 0 Å². The summed E-state index contributed by atoms with van der Waals surface area (Å²) in [6, 6.07) is 4.06. The number of halogens is 2. The summed E-state index contributed by atoms with van der Waals surface area (Å²) in [4.78, 5) is 10.1. The van der Waals surface area contributed by atoms with Gasteiger partial charge in [0.15, 0.2) is 0 Å². The van der Waals surface area contributed by atoms with Crippen LogP contribution in [0.3, 0.4) is 0 Å². The minimum atomic E-state index is -0.787. The molecule has 1 saturated carbocycles. The van der Waals surface area contributed by atoms with Crippen molar-refractivity contribution >= 4 is 27.7 Å². The maximum absolute atomic E-state index is 13.3. The molecule has 1 fully saturated rings. The maximum Gasteiger partial charge on any atom is 0.305 e. The number of hydrogen-bond acceptors (Lipinski definition) is 2. The second-order valence-corrected chi connectivity index (χ2v) is 5.72. The van der Waals surface area contributed by atoms with Crippen molar-refractivity contribution in [2.75, 3.05) is 5.33 Å². The molecule has 0 heterocycles. The van der Waals surface area contributed by atoms with E-state index in [1.807, 2.05) is 6.08 Å². The zero-order chi connectivity index (χ0) is 14.5. The second kappa shape index (κ2) is 6.97. The van der Waals surface area contributed by atoms with Crippen molar-refractivity contribution in [3.8, 4) is 0 Å². The molecule has 0 unspecified atom stereocenters. The molecule has 0 radical (unpaired) electrons. The normalized spacial score (nSPS) is 17.2. The molecule has 0 atom stereocenters. The van der Waals surface area contributed by atoms with Crippen molar-refractivity contribution in [2.24, 2.45) is 5.92 Å². The molecule has 1 aromatic carbocycles. The van der Waals surface area contributed by atoms with Crippen LogP contribution >= 0.6 is 15.9 Å². The SMILES string of the molecule is O=[N+]([O-])c1cc(/C=C(/CBr)C2CCCCC2)ccc1F. The van der Waals surface area contributed by atoms with Crippen LogP contribution in [-0.2, 0) is 0 Å². The molecule has 0 aliphatic heterocycles. The van der Waals surface area contributed by atoms with Gasteiger partial charge in [-0.05, 0) is 30.4 Å². The van der Waals surface area contributed by atoms with Crippen molar-refractivity contribution in [2.45, 2.75) is 32.1 Å². The Hall–Kier alpha value is -1.23. The van der Waals surface area contributed by atoms with Crippen LogP contribution in [-0.4, -0.2) is 10.3 Å². The third-order valence-corrected chi connectivity index (χ3v) is 4.45. The summed E-state index contributed by atoms with van der Waals surface area (Å²) in [6.07, 6.45) is 8.05. The lowest BCUT2D eigenvalue weighted by atomic mass is 9.84. The summed E-state index contributed by atoms with van der Waals surface area (Å²) < 4.78 is 13.3. The largest absolute Gasteiger partial charge is 0.305 e. The predicted molar refractivity (Wildman–Crippen MR) is 81.4 cm³/mol. The van der Waals surface area contributed by atoms with Crippen molar-refractivity contribution in [3.63, 3.8) is 0 Å². The minimum Gasteiger partial charge on any atom is -0.258 e. The highest BCUT2D eigenvalue weighted by Crippen LogP contribution is 2.32. The molecule has 0 saturated heterocycles. The molecule has 108 valence electrons. The molecule has 1 aromatic rings. The molecule has 20 heavy (non-hydrogen) atoms. The van der Waals surface area contributed by atoms with Gasteiger partial charge in [-0.25, -0.2) is 0 Å². The first kappa shape index (κ1) is 15.2. The highest BCUT2D eigenvalue weighted by molar-refractivity contribution is 9.09. The molecule has 1 aliphatic rings. The molecular weight excluding hydrogens is 325 g/mol. The quantitative estimate of drug-likeness (QED) is 0.434. The maximum atomic E-state index is 13.3. The van der Waals surface area contributed by atoms with E-state index in [0.29, 0.717) is 11.5 Å². The van der Waals surface area contributed by atoms with Crippen LogP contribution in [0.15, 0.2) is 23.8 Å². The highest BCUT2D eigenvalue weighted by Gasteiger charge is 2.18. The highest BCUT2D eigenvalue weighted by atomic mass is 79.9. The van der Waals surface area contributed by atoms with E-state index in [-0.39, 0.29) is 0 Å². The Morgan fingerprint density at radius 2 is 2.10 bits per heavy atom. The van der Waals surface area contributed by atoms with Gasteiger partial charge in [-0.3, -0.25) is 10.1 Å². The van der Waals surface area contributed by atoms with Gasteiger partial charge in [0.1, 0.15) is 0 Å². The summed E-state index contributed by atoms with van der Waals surface area (Å²) in [5, 5.41) is 11.5. The number of nitro groups is 1. The monoisotopic (exact) mass is 341 g/mol. The smallest absolute Gasteiger partial charge is 0.258 e. The fourth-order valence-electron chi connectivity index (χ4n) is 2.71. The Bertz CT molecular complexity index is 525. The molecule has 0 bridgehead atoms. The van der Waals surface area contributed by atoms with E-state index >= 15 is 0 Å². The Labute approximate surface area is 126 Å². The van der Waals surface area contributed by atoms with Crippen LogP contribution in [0.1, 0.15) is 37.7 Å². The first-order valence-corrected chi connectivity index (χ1v) is 7.94. The molecule has 1 aliphatic carbocycles. The van der Waals surface area contributed by atoms with Gasteiger partial charge in [0, 0.05) is 11.4 Å². The topological polar surface area (TPSA) is 43.1 Å². The number of rotatable bonds is 4. The number of hydrogen-bond donors (Lipinski definition) is 0. The van der Waals surface area contributed by atoms with Crippen molar-refractivity contribution in [3.05, 3.63) is 45.3 Å². The molecule has 5 heteroatoms. The first-order valence-electron chi connectivity index (χ1n) is 6.82. The van der Waals surface area contributed by atoms with E-state index < -0.39 is 16.4 Å². The number of nitrogens with zero attached hydrogens (tertiary/aromatic N) is 1. The summed E-state index contributed by atoms with van der Waals surface area (Å²) in [5.41, 5.74) is 1.47. The second-order valence-electron chi connectivity index (χ2n) is 5.16. The first-order chi connectivity index (χ1) is 9.61. The zero-order valence-electron chi connectivity index (χ0n) is 11.1. The predicted octanol–water partition coefficient (Wildman–Crippen LogP) is 5.09. The number of alkyl halides is 1. The molecule has 0 amide bonds. The molecule has 0 aromatic heterocycles. The minimum absolute atomic E-state index is 0.462. The Morgan fingerprint density at radius 3 is 2.70 bits per heavy atom. The average Bonchev–Trinajstić information content (AvgIpc) is 2.47. The Kier molecular flexibility index (Phi) is 5.29. The van der Waals surface area contributed by atoms with Gasteiger partial charge in [-0.2, -0.15) is 4.39 Å². The summed E-state index contributed by atoms with van der Waals surface area (Å²) in [5.74, 6) is -0.252. The van der Waals surface area contributed by atoms with Crippen molar-refractivity contribution < 1.29 is 9.31 Å². The molecule has 3 nitrogen and oxygen atoms in total. The van der Waals surface area contributed by atoms with Crippen molar-refractivity contribution in [1.29, 1.82) is 0 Å². The van der Waals surface area contributed by atoms with Crippen LogP contribution in [0.4, 0.5) is 10.1 Å². The van der Waals surface area contributed by atoms with E-state index in [1.54, 1.807) is 6.07 Å². The summed E-state index contributed by atoms with van der Waals surface area (Å²) in [7, 11) is 0. The van der Waals surface area contributed by atoms with Crippen LogP contribution < -0.4 is 0 Å². The zero-order valence-corrected chi connectivity index (χ0v) is 12.7. The van der Waals surface area contributed by atoms with Gasteiger partial charge >= 0.3 is 5.69 Å². The van der Waals surface area contributed by atoms with E-state index in [2.05, 4.69) is 15.9 Å². The van der Waals surface area contributed by atoms with Crippen LogP contribution in [0.2, 0.25) is 0 Å². The van der Waals surface area contributed by atoms with Gasteiger partial charge in [0.2, 0.25) is 5.82 Å². The lowest BCUT2D eigenvalue weighted by molar-refractivity contribution is -0.387. The van der Waals surface area contributed by atoms with E-state index in [9.17, 15) is 14.5 Å². The van der Waals surface area contributed by atoms with Gasteiger partial charge < -0.3 is 0 Å². The summed E-state index contributed by atoms with van der Waals surface area (Å²) >= 11 is 3.49. The molecule has 0 spiro atoms. The Morgan fingerprint density at radius 1 is 1.40 bits per heavy atom. The number of allylic oxidation sites excluding steroid dienone is 1. The standard InChI is InChI=1S/C15H17BrFNO2/c16-10-13(12-4-2-1-3-5-12)8-11-6-7-14(17)15(9-11)18(19)20/h6-9,12H,1-5,10H2/b13-8-. The Balaban J connectivity index is 2.27. The fourth-order valence-corrected chi connectivity index (χ4v) is 3.33. The summed E-state index contributed by atoms with van der Waals surface area (Å²) in [6.45, 7) is 0. The van der Waals surface area contributed by atoms with Gasteiger partial charge in [-0.15, -0.1) is 0 Å². The lowest BCUT2D eigenvalue weighted by Crippen LogP contribution is -2.10. The third-order valence-electron chi connectivity index (χ3n) is 3.80. The number of nitro benzene ring substituents is 1. The molecular formula is C15H17BrFNO2. The average molecular weight is 342 g/mol. The van der Waals surface area contributed by atoms with Crippen LogP contribution in [0, 0.1) is 21.8 Å². The number of benzene rings is 1. The van der Waals surface area contributed by atoms with Crippen LogP contribution in [0.5, 0.6) is 0 Å². The van der Waals surface area contributed by atoms with Crippen LogP contribution in [0.25, 0.3) is 6.08 Å². The van der Waals surface area contributed by atoms with Crippen molar-refractivity contribution in [1.82, 2.24) is 0 Å². The fraction of sp³-hybridized carbons (Fsp3) is 0.467.